The molecule has 106 valence electrons. The molecule has 0 amide bonds. The van der Waals surface area contributed by atoms with Crippen molar-refractivity contribution >= 4 is 17.9 Å². The molecule has 0 bridgehead atoms. The molecule has 2 heterocycles. The van der Waals surface area contributed by atoms with Gasteiger partial charge in [0.2, 0.25) is 0 Å². The van der Waals surface area contributed by atoms with Crippen molar-refractivity contribution in [2.24, 2.45) is 0 Å². The summed E-state index contributed by atoms with van der Waals surface area (Å²) in [5, 5.41) is 9.36. The van der Waals surface area contributed by atoms with Gasteiger partial charge < -0.3 is 0 Å². The Labute approximate surface area is 126 Å². The summed E-state index contributed by atoms with van der Waals surface area (Å²) in [4.78, 5) is 11.3. The van der Waals surface area contributed by atoms with Gasteiger partial charge in [0.05, 0.1) is 17.4 Å². The summed E-state index contributed by atoms with van der Waals surface area (Å²) in [5.41, 5.74) is 2.82. The lowest BCUT2D eigenvalue weighted by atomic mass is 10.2. The van der Waals surface area contributed by atoms with Gasteiger partial charge in [-0.25, -0.2) is 4.68 Å². The Morgan fingerprint density at radius 2 is 2.00 bits per heavy atom. The lowest BCUT2D eigenvalue weighted by molar-refractivity contribution is 0.112. The number of aromatic nitrogens is 4. The van der Waals surface area contributed by atoms with E-state index < -0.39 is 0 Å². The van der Waals surface area contributed by atoms with Gasteiger partial charge in [0.25, 0.3) is 0 Å². The van der Waals surface area contributed by atoms with Gasteiger partial charge in [0.15, 0.2) is 6.29 Å². The van der Waals surface area contributed by atoms with E-state index in [1.165, 1.54) is 0 Å². The Morgan fingerprint density at radius 1 is 1.24 bits per heavy atom. The molecule has 6 heteroatoms. The average molecular weight is 301 g/mol. The molecule has 3 aromatic rings. The van der Waals surface area contributed by atoms with Crippen LogP contribution in [0, 0.1) is 0 Å². The van der Waals surface area contributed by atoms with Crippen LogP contribution in [0.5, 0.6) is 0 Å². The molecule has 0 N–H and O–H groups in total. The summed E-state index contributed by atoms with van der Waals surface area (Å²) >= 11 is 5.88. The predicted octanol–water partition coefficient (Wildman–Crippen LogP) is 3.22. The van der Waals surface area contributed by atoms with Gasteiger partial charge in [0, 0.05) is 29.5 Å². The van der Waals surface area contributed by atoms with Crippen molar-refractivity contribution in [3.8, 4) is 16.9 Å². The molecule has 0 atom stereocenters. The first-order valence-corrected chi connectivity index (χ1v) is 6.92. The Kier molecular flexibility index (Phi) is 3.58. The molecule has 0 spiro atoms. The van der Waals surface area contributed by atoms with Crippen molar-refractivity contribution in [3.05, 3.63) is 53.4 Å². The number of benzene rings is 1. The molecule has 0 aliphatic rings. The van der Waals surface area contributed by atoms with Gasteiger partial charge in [-0.2, -0.15) is 10.2 Å². The predicted molar refractivity (Wildman–Crippen MR) is 80.9 cm³/mol. The van der Waals surface area contributed by atoms with Gasteiger partial charge in [-0.15, -0.1) is 0 Å². The lowest BCUT2D eigenvalue weighted by Gasteiger charge is -2.00. The second kappa shape index (κ2) is 5.54. The fourth-order valence-corrected chi connectivity index (χ4v) is 2.21. The molecule has 1 aromatic carbocycles. The van der Waals surface area contributed by atoms with Crippen molar-refractivity contribution in [2.45, 2.75) is 13.5 Å². The lowest BCUT2D eigenvalue weighted by Crippen LogP contribution is -1.94. The maximum Gasteiger partial charge on any atom is 0.153 e. The molecule has 3 rings (SSSR count). The minimum absolute atomic E-state index is 0.528. The van der Waals surface area contributed by atoms with E-state index in [4.69, 9.17) is 11.6 Å². The van der Waals surface area contributed by atoms with E-state index in [9.17, 15) is 4.79 Å². The highest BCUT2D eigenvalue weighted by Crippen LogP contribution is 2.22. The number of halogens is 1. The Bertz CT molecular complexity index is 773. The molecule has 0 aliphatic carbocycles. The molecule has 0 fully saturated rings. The Hall–Kier alpha value is -2.40. The maximum absolute atomic E-state index is 11.3. The zero-order valence-corrected chi connectivity index (χ0v) is 12.2. The third-order valence-corrected chi connectivity index (χ3v) is 3.44. The number of rotatable bonds is 4. The van der Waals surface area contributed by atoms with Gasteiger partial charge in [0.1, 0.15) is 5.69 Å². The van der Waals surface area contributed by atoms with Crippen LogP contribution in [0.25, 0.3) is 16.9 Å². The summed E-state index contributed by atoms with van der Waals surface area (Å²) in [6, 6.07) is 7.27. The minimum atomic E-state index is 0.528. The quantitative estimate of drug-likeness (QED) is 0.695. The number of hydrogen-bond acceptors (Lipinski definition) is 3. The largest absolute Gasteiger partial charge is 0.298 e. The summed E-state index contributed by atoms with van der Waals surface area (Å²) in [7, 11) is 0. The maximum atomic E-state index is 11.3. The van der Waals surface area contributed by atoms with E-state index in [-0.39, 0.29) is 0 Å². The Morgan fingerprint density at radius 3 is 2.62 bits per heavy atom. The monoisotopic (exact) mass is 300 g/mol. The van der Waals surface area contributed by atoms with Crippen molar-refractivity contribution in [1.29, 1.82) is 0 Å². The molecular formula is C15H13ClN4O. The molecule has 0 radical (unpaired) electrons. The van der Waals surface area contributed by atoms with E-state index in [0.717, 1.165) is 24.1 Å². The minimum Gasteiger partial charge on any atom is -0.298 e. The molecule has 0 aliphatic heterocycles. The van der Waals surface area contributed by atoms with Gasteiger partial charge >= 0.3 is 0 Å². The van der Waals surface area contributed by atoms with Crippen LogP contribution in [0.1, 0.15) is 17.3 Å². The van der Waals surface area contributed by atoms with Crippen LogP contribution in [-0.4, -0.2) is 25.8 Å². The smallest absolute Gasteiger partial charge is 0.153 e. The zero-order chi connectivity index (χ0) is 14.8. The van der Waals surface area contributed by atoms with Gasteiger partial charge in [-0.3, -0.25) is 9.48 Å². The van der Waals surface area contributed by atoms with E-state index >= 15 is 0 Å². The van der Waals surface area contributed by atoms with Crippen LogP contribution >= 0.6 is 11.6 Å². The number of carbonyl (C=O) groups excluding carboxylic acids is 1. The number of nitrogens with zero attached hydrogens (tertiary/aromatic N) is 4. The third kappa shape index (κ3) is 2.60. The topological polar surface area (TPSA) is 52.7 Å². The summed E-state index contributed by atoms with van der Waals surface area (Å²) in [5.74, 6) is 0. The average Bonchev–Trinajstić information content (AvgIpc) is 3.14. The first-order valence-electron chi connectivity index (χ1n) is 6.55. The third-order valence-electron chi connectivity index (χ3n) is 3.19. The zero-order valence-electron chi connectivity index (χ0n) is 11.4. The molecule has 0 saturated carbocycles. The highest BCUT2D eigenvalue weighted by molar-refractivity contribution is 6.30. The van der Waals surface area contributed by atoms with Crippen LogP contribution in [0.3, 0.4) is 0 Å². The number of aldehydes is 1. The first kappa shape index (κ1) is 13.6. The van der Waals surface area contributed by atoms with Crippen molar-refractivity contribution in [3.63, 3.8) is 0 Å². The van der Waals surface area contributed by atoms with Crippen molar-refractivity contribution in [2.75, 3.05) is 0 Å². The normalized spacial score (nSPS) is 10.8. The molecule has 0 unspecified atom stereocenters. The van der Waals surface area contributed by atoms with Gasteiger partial charge in [-0.05, 0) is 31.2 Å². The van der Waals surface area contributed by atoms with E-state index in [1.54, 1.807) is 33.9 Å². The van der Waals surface area contributed by atoms with Gasteiger partial charge in [-0.1, -0.05) is 11.6 Å². The summed E-state index contributed by atoms with van der Waals surface area (Å²) in [6.45, 7) is 2.78. The number of hydrogen-bond donors (Lipinski definition) is 0. The molecular weight excluding hydrogens is 288 g/mol. The molecule has 2 aromatic heterocycles. The summed E-state index contributed by atoms with van der Waals surface area (Å²) in [6.07, 6.45) is 6.10. The highest BCUT2D eigenvalue weighted by Gasteiger charge is 2.13. The van der Waals surface area contributed by atoms with Crippen LogP contribution < -0.4 is 0 Å². The molecule has 0 saturated heterocycles. The SMILES string of the molecule is CCn1cc(-c2nn(-c3ccc(Cl)cc3)cc2C=O)cn1. The van der Waals surface area contributed by atoms with Crippen molar-refractivity contribution in [1.82, 2.24) is 19.6 Å². The van der Waals surface area contributed by atoms with Crippen LogP contribution in [0.2, 0.25) is 5.02 Å². The standard InChI is InChI=1S/C15H13ClN4O/c1-2-19-8-11(7-17-19)15-12(10-21)9-20(18-15)14-5-3-13(16)4-6-14/h3-10H,2H2,1H3. The number of carbonyl (C=O) groups is 1. The summed E-state index contributed by atoms with van der Waals surface area (Å²) < 4.78 is 3.46. The van der Waals surface area contributed by atoms with E-state index in [0.29, 0.717) is 16.3 Å². The van der Waals surface area contributed by atoms with Crippen molar-refractivity contribution < 1.29 is 4.79 Å². The first-order chi connectivity index (χ1) is 10.2. The second-order valence-electron chi connectivity index (χ2n) is 4.56. The Balaban J connectivity index is 2.05. The molecule has 5 nitrogen and oxygen atoms in total. The van der Waals surface area contributed by atoms with E-state index in [2.05, 4.69) is 10.2 Å². The van der Waals surface area contributed by atoms with Crippen LogP contribution in [0.4, 0.5) is 0 Å². The fraction of sp³-hybridized carbons (Fsp3) is 0.133. The van der Waals surface area contributed by atoms with E-state index in [1.807, 2.05) is 25.3 Å². The highest BCUT2D eigenvalue weighted by atomic mass is 35.5. The molecule has 21 heavy (non-hydrogen) atoms. The fourth-order valence-electron chi connectivity index (χ4n) is 2.08. The number of aryl methyl sites for hydroxylation is 1. The van der Waals surface area contributed by atoms with Crippen LogP contribution in [-0.2, 0) is 6.54 Å². The van der Waals surface area contributed by atoms with Crippen LogP contribution in [0.15, 0.2) is 42.9 Å². The second-order valence-corrected chi connectivity index (χ2v) is 4.99.